The molecular formula is C18H17N3O3S. The number of carbonyl (C=O) groups is 2. The fourth-order valence-electron chi connectivity index (χ4n) is 2.37. The summed E-state index contributed by atoms with van der Waals surface area (Å²) in [6.45, 7) is 3.41. The molecule has 0 aliphatic rings. The summed E-state index contributed by atoms with van der Waals surface area (Å²) in [6.07, 6.45) is -0.343. The number of aryl methyl sites for hydroxylation is 1. The average Bonchev–Trinajstić information content (AvgIpc) is 3.10. The first-order valence-corrected chi connectivity index (χ1v) is 8.67. The van der Waals surface area contributed by atoms with Crippen LogP contribution in [0.25, 0.3) is 10.8 Å². The Kier molecular flexibility index (Phi) is 5.04. The highest BCUT2D eigenvalue weighted by molar-refractivity contribution is 7.07. The zero-order valence-corrected chi connectivity index (χ0v) is 14.7. The van der Waals surface area contributed by atoms with Gasteiger partial charge in [0.1, 0.15) is 0 Å². The highest BCUT2D eigenvalue weighted by Crippen LogP contribution is 2.19. The molecule has 2 aromatic carbocycles. The number of nitrogens with one attached hydrogen (secondary N) is 1. The smallest absolute Gasteiger partial charge is 0.352 e. The number of rotatable bonds is 5. The van der Waals surface area contributed by atoms with Crippen molar-refractivity contribution in [3.8, 4) is 0 Å². The predicted molar refractivity (Wildman–Crippen MR) is 96.7 cm³/mol. The standard InChI is InChI=1S/C18H17N3O3S/c1-3-15-16(25-21-20-15)18(23)24-11(2)17(22)19-14-9-8-12-6-4-5-7-13(12)10-14/h4-11H,3H2,1-2H3,(H,19,22)/t11-/m1/s1. The third-order valence-corrected chi connectivity index (χ3v) is 4.49. The minimum absolute atomic E-state index is 0.341. The maximum Gasteiger partial charge on any atom is 0.352 e. The topological polar surface area (TPSA) is 81.2 Å². The predicted octanol–water partition coefficient (Wildman–Crippen LogP) is 3.44. The average molecular weight is 355 g/mol. The van der Waals surface area contributed by atoms with Gasteiger partial charge in [-0.05, 0) is 47.8 Å². The summed E-state index contributed by atoms with van der Waals surface area (Å²) >= 11 is 0.974. The number of benzene rings is 2. The van der Waals surface area contributed by atoms with Crippen LogP contribution in [0.1, 0.15) is 29.2 Å². The highest BCUT2D eigenvalue weighted by atomic mass is 32.1. The van der Waals surface area contributed by atoms with Gasteiger partial charge in [-0.15, -0.1) is 5.10 Å². The third-order valence-electron chi connectivity index (χ3n) is 3.75. The van der Waals surface area contributed by atoms with Crippen molar-refractivity contribution in [2.45, 2.75) is 26.4 Å². The largest absolute Gasteiger partial charge is 0.448 e. The molecule has 1 heterocycles. The first kappa shape index (κ1) is 17.0. The molecule has 0 aliphatic carbocycles. The number of amides is 1. The minimum atomic E-state index is -0.925. The molecule has 7 heteroatoms. The number of hydrogen-bond acceptors (Lipinski definition) is 6. The van der Waals surface area contributed by atoms with E-state index in [0.29, 0.717) is 22.7 Å². The van der Waals surface area contributed by atoms with Gasteiger partial charge in [0.05, 0.1) is 5.69 Å². The summed E-state index contributed by atoms with van der Waals surface area (Å²) in [6, 6.07) is 13.5. The van der Waals surface area contributed by atoms with E-state index in [4.69, 9.17) is 4.74 Å². The second-order valence-corrected chi connectivity index (χ2v) is 6.26. The van der Waals surface area contributed by atoms with Crippen LogP contribution in [0, 0.1) is 0 Å². The Bertz CT molecular complexity index is 923. The molecule has 25 heavy (non-hydrogen) atoms. The molecule has 3 aromatic rings. The van der Waals surface area contributed by atoms with Crippen molar-refractivity contribution in [3.63, 3.8) is 0 Å². The molecule has 0 unspecified atom stereocenters. The molecule has 1 aromatic heterocycles. The monoisotopic (exact) mass is 355 g/mol. The van der Waals surface area contributed by atoms with Gasteiger partial charge in [0, 0.05) is 5.69 Å². The van der Waals surface area contributed by atoms with Crippen LogP contribution in [0.2, 0.25) is 0 Å². The van der Waals surface area contributed by atoms with E-state index in [1.807, 2.05) is 49.4 Å². The van der Waals surface area contributed by atoms with Crippen LogP contribution < -0.4 is 5.32 Å². The van der Waals surface area contributed by atoms with Crippen molar-refractivity contribution in [2.75, 3.05) is 5.32 Å². The van der Waals surface area contributed by atoms with E-state index in [9.17, 15) is 9.59 Å². The van der Waals surface area contributed by atoms with Crippen molar-refractivity contribution in [1.29, 1.82) is 0 Å². The number of hydrogen-bond donors (Lipinski definition) is 1. The van der Waals surface area contributed by atoms with E-state index in [1.165, 1.54) is 6.92 Å². The number of ether oxygens (including phenoxy) is 1. The van der Waals surface area contributed by atoms with Gasteiger partial charge in [-0.1, -0.05) is 41.7 Å². The lowest BCUT2D eigenvalue weighted by molar-refractivity contribution is -0.123. The lowest BCUT2D eigenvalue weighted by Gasteiger charge is -2.13. The fourth-order valence-corrected chi connectivity index (χ4v) is 3.01. The van der Waals surface area contributed by atoms with Gasteiger partial charge in [0.2, 0.25) is 0 Å². The summed E-state index contributed by atoms with van der Waals surface area (Å²) in [5, 5.41) is 8.75. The molecule has 1 atom stereocenters. The summed E-state index contributed by atoms with van der Waals surface area (Å²) < 4.78 is 8.99. The van der Waals surface area contributed by atoms with E-state index < -0.39 is 12.1 Å². The minimum Gasteiger partial charge on any atom is -0.448 e. The van der Waals surface area contributed by atoms with E-state index in [2.05, 4.69) is 14.9 Å². The number of nitrogens with zero attached hydrogens (tertiary/aromatic N) is 2. The fraction of sp³-hybridized carbons (Fsp3) is 0.222. The normalized spacial score (nSPS) is 11.9. The van der Waals surface area contributed by atoms with Gasteiger partial charge in [-0.2, -0.15) is 0 Å². The van der Waals surface area contributed by atoms with Crippen LogP contribution in [0.15, 0.2) is 42.5 Å². The van der Waals surface area contributed by atoms with Gasteiger partial charge in [-0.3, -0.25) is 4.79 Å². The lowest BCUT2D eigenvalue weighted by atomic mass is 10.1. The summed E-state index contributed by atoms with van der Waals surface area (Å²) in [4.78, 5) is 24.8. The Balaban J connectivity index is 1.66. The Morgan fingerprint density at radius 3 is 2.72 bits per heavy atom. The molecule has 0 spiro atoms. The molecule has 0 aliphatic heterocycles. The molecule has 1 N–H and O–H groups in total. The van der Waals surface area contributed by atoms with Crippen molar-refractivity contribution >= 4 is 39.9 Å². The molecule has 0 saturated heterocycles. The van der Waals surface area contributed by atoms with Crippen LogP contribution >= 0.6 is 11.5 Å². The number of anilines is 1. The number of fused-ring (bicyclic) bond motifs is 1. The van der Waals surface area contributed by atoms with E-state index >= 15 is 0 Å². The molecule has 0 saturated carbocycles. The first-order valence-electron chi connectivity index (χ1n) is 7.90. The van der Waals surface area contributed by atoms with Crippen molar-refractivity contribution in [3.05, 3.63) is 53.0 Å². The SMILES string of the molecule is CCc1nnsc1C(=O)O[C@H](C)C(=O)Nc1ccc2ccccc2c1. The molecule has 6 nitrogen and oxygen atoms in total. The second kappa shape index (κ2) is 7.40. The Hall–Kier alpha value is -2.80. The molecular weight excluding hydrogens is 338 g/mol. The summed E-state index contributed by atoms with van der Waals surface area (Å²) in [5.74, 6) is -0.966. The molecule has 128 valence electrons. The number of esters is 1. The van der Waals surface area contributed by atoms with Crippen LogP contribution in [0.5, 0.6) is 0 Å². The van der Waals surface area contributed by atoms with Gasteiger partial charge in [0.25, 0.3) is 5.91 Å². The van der Waals surface area contributed by atoms with E-state index in [1.54, 1.807) is 0 Å². The van der Waals surface area contributed by atoms with Gasteiger partial charge in [-0.25, -0.2) is 4.79 Å². The maximum atomic E-state index is 12.3. The van der Waals surface area contributed by atoms with E-state index in [-0.39, 0.29) is 5.91 Å². The molecule has 3 rings (SSSR count). The Morgan fingerprint density at radius 1 is 1.20 bits per heavy atom. The van der Waals surface area contributed by atoms with Crippen molar-refractivity contribution in [2.24, 2.45) is 0 Å². The first-order chi connectivity index (χ1) is 12.1. The number of aromatic nitrogens is 2. The van der Waals surface area contributed by atoms with Crippen LogP contribution in [-0.4, -0.2) is 27.6 Å². The van der Waals surface area contributed by atoms with Gasteiger partial charge in [0.15, 0.2) is 11.0 Å². The zero-order chi connectivity index (χ0) is 17.8. The van der Waals surface area contributed by atoms with Crippen LogP contribution in [0.3, 0.4) is 0 Å². The van der Waals surface area contributed by atoms with Gasteiger partial charge < -0.3 is 10.1 Å². The molecule has 1 amide bonds. The van der Waals surface area contributed by atoms with Crippen molar-refractivity contribution < 1.29 is 14.3 Å². The highest BCUT2D eigenvalue weighted by Gasteiger charge is 2.23. The maximum absolute atomic E-state index is 12.3. The van der Waals surface area contributed by atoms with Gasteiger partial charge >= 0.3 is 5.97 Å². The Labute approximate surface area is 149 Å². The number of carbonyl (C=O) groups excluding carboxylic acids is 2. The molecule has 0 bridgehead atoms. The molecule has 0 fully saturated rings. The van der Waals surface area contributed by atoms with E-state index in [0.717, 1.165) is 22.3 Å². The Morgan fingerprint density at radius 2 is 1.96 bits per heavy atom. The third kappa shape index (κ3) is 3.83. The van der Waals surface area contributed by atoms with Crippen LogP contribution in [-0.2, 0) is 16.0 Å². The van der Waals surface area contributed by atoms with Crippen molar-refractivity contribution in [1.82, 2.24) is 9.59 Å². The summed E-state index contributed by atoms with van der Waals surface area (Å²) in [7, 11) is 0. The lowest BCUT2D eigenvalue weighted by Crippen LogP contribution is -2.30. The van der Waals surface area contributed by atoms with Crippen LogP contribution in [0.4, 0.5) is 5.69 Å². The second-order valence-electron chi connectivity index (χ2n) is 5.50. The zero-order valence-electron chi connectivity index (χ0n) is 13.9. The molecule has 0 radical (unpaired) electrons. The summed E-state index contributed by atoms with van der Waals surface area (Å²) in [5.41, 5.74) is 1.23. The quantitative estimate of drug-likeness (QED) is 0.709.